The van der Waals surface area contributed by atoms with Crippen LogP contribution in [0.5, 0.6) is 0 Å². The largest absolute Gasteiger partial charge is 0.444 e. The molecule has 0 bridgehead atoms. The maximum absolute atomic E-state index is 11.7. The second-order valence-electron chi connectivity index (χ2n) is 5.12. The smallest absolute Gasteiger partial charge is 0.410 e. The van der Waals surface area contributed by atoms with E-state index in [1.165, 1.54) is 0 Å². The van der Waals surface area contributed by atoms with Gasteiger partial charge in [0.1, 0.15) is 5.60 Å². The zero-order valence-electron chi connectivity index (χ0n) is 12.4. The fraction of sp³-hybridized carbons (Fsp3) is 0.438. The average Bonchev–Trinajstić information content (AvgIpc) is 2.35. The Kier molecular flexibility index (Phi) is 6.08. The van der Waals surface area contributed by atoms with E-state index >= 15 is 0 Å². The number of hydrogen-bond acceptors (Lipinski definition) is 3. The molecule has 108 valence electrons. The molecule has 1 unspecified atom stereocenters. The molecule has 20 heavy (non-hydrogen) atoms. The second-order valence-corrected chi connectivity index (χ2v) is 5.12. The van der Waals surface area contributed by atoms with E-state index in [0.717, 1.165) is 5.56 Å². The number of alkyl carbamates (subject to hydrolysis) is 1. The number of hydrogen-bond donors (Lipinski definition) is 1. The summed E-state index contributed by atoms with van der Waals surface area (Å²) in [5.41, 5.74) is 0.316. The predicted molar refractivity (Wildman–Crippen MR) is 78.1 cm³/mol. The van der Waals surface area contributed by atoms with Crippen molar-refractivity contribution in [3.63, 3.8) is 0 Å². The van der Waals surface area contributed by atoms with Crippen molar-refractivity contribution >= 4 is 6.09 Å². The van der Waals surface area contributed by atoms with Gasteiger partial charge in [0.25, 0.3) is 0 Å². The lowest BCUT2D eigenvalue weighted by Crippen LogP contribution is -2.39. The lowest BCUT2D eigenvalue weighted by Gasteiger charge is -2.21. The van der Waals surface area contributed by atoms with E-state index in [1.807, 2.05) is 37.3 Å². The molecule has 0 heterocycles. The summed E-state index contributed by atoms with van der Waals surface area (Å²) in [6.45, 7) is 7.70. The predicted octanol–water partition coefficient (Wildman–Crippen LogP) is 2.93. The third-order valence-corrected chi connectivity index (χ3v) is 2.10. The standard InChI is InChI=1S/C16H21NO3/c1-5-19-14(17-15(18)20-16(2,3)4)12-11-13-9-7-6-8-10-13/h6-10,14H,5H2,1-4H3,(H,17,18). The van der Waals surface area contributed by atoms with Gasteiger partial charge < -0.3 is 9.47 Å². The van der Waals surface area contributed by atoms with Crippen LogP contribution in [0.2, 0.25) is 0 Å². The maximum Gasteiger partial charge on any atom is 0.410 e. The van der Waals surface area contributed by atoms with Crippen LogP contribution < -0.4 is 5.32 Å². The fourth-order valence-electron chi connectivity index (χ4n) is 1.37. The molecule has 0 spiro atoms. The molecule has 1 rings (SSSR count). The molecule has 1 aromatic rings. The van der Waals surface area contributed by atoms with Gasteiger partial charge in [-0.3, -0.25) is 5.32 Å². The maximum atomic E-state index is 11.7. The highest BCUT2D eigenvalue weighted by atomic mass is 16.6. The van der Waals surface area contributed by atoms with Gasteiger partial charge in [-0.1, -0.05) is 24.1 Å². The van der Waals surface area contributed by atoms with Crippen molar-refractivity contribution in [3.8, 4) is 11.8 Å². The zero-order valence-corrected chi connectivity index (χ0v) is 12.4. The van der Waals surface area contributed by atoms with E-state index in [4.69, 9.17) is 9.47 Å². The van der Waals surface area contributed by atoms with Gasteiger partial charge >= 0.3 is 6.09 Å². The van der Waals surface area contributed by atoms with Crippen LogP contribution in [0.1, 0.15) is 33.3 Å². The summed E-state index contributed by atoms with van der Waals surface area (Å²) < 4.78 is 10.5. The molecule has 1 aromatic carbocycles. The number of ether oxygens (including phenoxy) is 2. The van der Waals surface area contributed by atoms with Crippen molar-refractivity contribution in [3.05, 3.63) is 35.9 Å². The zero-order chi connectivity index (χ0) is 15.0. The van der Waals surface area contributed by atoms with E-state index in [1.54, 1.807) is 20.8 Å². The van der Waals surface area contributed by atoms with Crippen molar-refractivity contribution < 1.29 is 14.3 Å². The molecule has 1 amide bonds. The Morgan fingerprint density at radius 1 is 1.30 bits per heavy atom. The Hall–Kier alpha value is -1.99. The van der Waals surface area contributed by atoms with Crippen molar-refractivity contribution in [2.24, 2.45) is 0 Å². The van der Waals surface area contributed by atoms with Crippen LogP contribution in [-0.2, 0) is 9.47 Å². The van der Waals surface area contributed by atoms with Gasteiger partial charge in [-0.25, -0.2) is 4.79 Å². The lowest BCUT2D eigenvalue weighted by molar-refractivity contribution is 0.0282. The topological polar surface area (TPSA) is 47.6 Å². The van der Waals surface area contributed by atoms with Crippen LogP contribution in [0, 0.1) is 11.8 Å². The third-order valence-electron chi connectivity index (χ3n) is 2.10. The highest BCUT2D eigenvalue weighted by molar-refractivity contribution is 5.68. The van der Waals surface area contributed by atoms with E-state index in [2.05, 4.69) is 17.2 Å². The van der Waals surface area contributed by atoms with E-state index in [0.29, 0.717) is 6.61 Å². The van der Waals surface area contributed by atoms with E-state index < -0.39 is 17.9 Å². The summed E-state index contributed by atoms with van der Waals surface area (Å²) in [6.07, 6.45) is -1.23. The molecule has 0 saturated carbocycles. The van der Waals surface area contributed by atoms with Gasteiger partial charge in [-0.15, -0.1) is 0 Å². The van der Waals surface area contributed by atoms with Gasteiger partial charge in [0, 0.05) is 12.2 Å². The van der Waals surface area contributed by atoms with Gasteiger partial charge in [0.05, 0.1) is 0 Å². The molecule has 1 atom stereocenters. The van der Waals surface area contributed by atoms with Crippen LogP contribution in [0.25, 0.3) is 0 Å². The number of rotatable bonds is 3. The highest BCUT2D eigenvalue weighted by Gasteiger charge is 2.18. The van der Waals surface area contributed by atoms with Gasteiger partial charge in [-0.2, -0.15) is 0 Å². The molecular formula is C16H21NO3. The van der Waals surface area contributed by atoms with E-state index in [-0.39, 0.29) is 0 Å². The van der Waals surface area contributed by atoms with Crippen molar-refractivity contribution in [1.82, 2.24) is 5.32 Å². The first kappa shape index (κ1) is 16.1. The Bertz CT molecular complexity index is 480. The van der Waals surface area contributed by atoms with Crippen molar-refractivity contribution in [2.75, 3.05) is 6.61 Å². The van der Waals surface area contributed by atoms with Crippen molar-refractivity contribution in [1.29, 1.82) is 0 Å². The average molecular weight is 275 g/mol. The van der Waals surface area contributed by atoms with Gasteiger partial charge in [0.2, 0.25) is 0 Å². The molecule has 4 heteroatoms. The number of nitrogens with one attached hydrogen (secondary N) is 1. The third kappa shape index (κ3) is 6.81. The molecule has 1 N–H and O–H groups in total. The first-order chi connectivity index (χ1) is 9.40. The molecular weight excluding hydrogens is 254 g/mol. The SMILES string of the molecule is CCOC(C#Cc1ccccc1)NC(=O)OC(C)(C)C. The first-order valence-corrected chi connectivity index (χ1v) is 6.58. The molecule has 0 aliphatic heterocycles. The number of carbonyl (C=O) groups excluding carboxylic acids is 1. The first-order valence-electron chi connectivity index (χ1n) is 6.58. The van der Waals surface area contributed by atoms with Crippen LogP contribution in [0.3, 0.4) is 0 Å². The van der Waals surface area contributed by atoms with E-state index in [9.17, 15) is 4.79 Å². The summed E-state index contributed by atoms with van der Waals surface area (Å²) >= 11 is 0. The van der Waals surface area contributed by atoms with Gasteiger partial charge in [-0.05, 0) is 45.7 Å². The highest BCUT2D eigenvalue weighted by Crippen LogP contribution is 2.06. The Balaban J connectivity index is 2.66. The Morgan fingerprint density at radius 2 is 1.95 bits per heavy atom. The summed E-state index contributed by atoms with van der Waals surface area (Å²) in [4.78, 5) is 11.7. The molecule has 0 fully saturated rings. The minimum atomic E-state index is -0.685. The summed E-state index contributed by atoms with van der Waals surface area (Å²) in [5.74, 6) is 5.82. The monoisotopic (exact) mass is 275 g/mol. The molecule has 0 aliphatic rings. The van der Waals surface area contributed by atoms with Crippen LogP contribution in [0.4, 0.5) is 4.79 Å². The van der Waals surface area contributed by atoms with Crippen LogP contribution in [-0.4, -0.2) is 24.5 Å². The number of amides is 1. The summed E-state index contributed by atoms with van der Waals surface area (Å²) in [5, 5.41) is 2.59. The van der Waals surface area contributed by atoms with Crippen molar-refractivity contribution in [2.45, 2.75) is 39.5 Å². The minimum absolute atomic E-state index is 0.448. The quantitative estimate of drug-likeness (QED) is 0.681. The molecule has 4 nitrogen and oxygen atoms in total. The normalized spacial score (nSPS) is 12.0. The van der Waals surface area contributed by atoms with Gasteiger partial charge in [0.15, 0.2) is 6.23 Å². The fourth-order valence-corrected chi connectivity index (χ4v) is 1.37. The summed E-state index contributed by atoms with van der Waals surface area (Å²) in [6, 6.07) is 9.51. The number of benzene rings is 1. The summed E-state index contributed by atoms with van der Waals surface area (Å²) in [7, 11) is 0. The Morgan fingerprint density at radius 3 is 2.50 bits per heavy atom. The minimum Gasteiger partial charge on any atom is -0.444 e. The lowest BCUT2D eigenvalue weighted by atomic mass is 10.2. The number of carbonyl (C=O) groups is 1. The van der Waals surface area contributed by atoms with Crippen LogP contribution >= 0.6 is 0 Å². The molecule has 0 aromatic heterocycles. The van der Waals surface area contributed by atoms with Crippen LogP contribution in [0.15, 0.2) is 30.3 Å². The Labute approximate surface area is 120 Å². The molecule has 0 aliphatic carbocycles. The molecule has 0 radical (unpaired) electrons. The molecule has 0 saturated heterocycles. The second kappa shape index (κ2) is 7.56.